The van der Waals surface area contributed by atoms with Crippen molar-refractivity contribution in [2.24, 2.45) is 4.99 Å². The fourth-order valence-electron chi connectivity index (χ4n) is 2.64. The number of carbonyl (C=O) groups is 2. The number of nitrogens with zero attached hydrogens (tertiary/aromatic N) is 3. The van der Waals surface area contributed by atoms with E-state index in [2.05, 4.69) is 4.99 Å². The van der Waals surface area contributed by atoms with E-state index in [9.17, 15) is 24.8 Å². The lowest BCUT2D eigenvalue weighted by molar-refractivity contribution is -0.385. The van der Waals surface area contributed by atoms with Crippen molar-refractivity contribution in [3.8, 4) is 0 Å². The standard InChI is InChI=1S/C19H15N3O5S/c1-2-21-17(23)16(11-12-7-3-6-10-15(12)22(26)27)28-19(21)20-14-9-5-4-8-13(14)18(24)25/h3-11H,2H2,1H3,(H,24,25)/b16-11-,20-19?. The van der Waals surface area contributed by atoms with Gasteiger partial charge in [0.1, 0.15) is 0 Å². The summed E-state index contributed by atoms with van der Waals surface area (Å²) in [6.07, 6.45) is 1.46. The second kappa shape index (κ2) is 8.05. The number of amides is 1. The van der Waals surface area contributed by atoms with Gasteiger partial charge in [-0.25, -0.2) is 9.79 Å². The molecule has 0 unspecified atom stereocenters. The highest BCUT2D eigenvalue weighted by Crippen LogP contribution is 2.35. The van der Waals surface area contributed by atoms with Gasteiger partial charge < -0.3 is 5.11 Å². The number of hydrogen-bond acceptors (Lipinski definition) is 6. The highest BCUT2D eigenvalue weighted by atomic mass is 32.2. The number of aromatic carboxylic acids is 1. The van der Waals surface area contributed by atoms with Crippen molar-refractivity contribution in [1.82, 2.24) is 4.90 Å². The maximum absolute atomic E-state index is 12.7. The van der Waals surface area contributed by atoms with Gasteiger partial charge in [-0.15, -0.1) is 0 Å². The van der Waals surface area contributed by atoms with Gasteiger partial charge in [0.05, 0.1) is 26.6 Å². The Labute approximate surface area is 164 Å². The molecule has 1 saturated heterocycles. The number of likely N-dealkylation sites (N-methyl/N-ethyl adjacent to an activating group) is 1. The number of benzene rings is 2. The van der Waals surface area contributed by atoms with E-state index in [1.807, 2.05) is 0 Å². The molecule has 9 heteroatoms. The predicted molar refractivity (Wildman–Crippen MR) is 107 cm³/mol. The van der Waals surface area contributed by atoms with Crippen LogP contribution in [0.25, 0.3) is 6.08 Å². The zero-order chi connectivity index (χ0) is 20.3. The topological polar surface area (TPSA) is 113 Å². The molecule has 0 aromatic heterocycles. The number of aliphatic imine (C=N–C) groups is 1. The highest BCUT2D eigenvalue weighted by molar-refractivity contribution is 8.18. The third kappa shape index (κ3) is 3.79. The van der Waals surface area contributed by atoms with Crippen LogP contribution in [0.1, 0.15) is 22.8 Å². The number of nitro benzene ring substituents is 1. The number of carboxylic acid groups (broad SMARTS) is 1. The first-order chi connectivity index (χ1) is 13.4. The van der Waals surface area contributed by atoms with Gasteiger partial charge in [-0.05, 0) is 43.0 Å². The number of amidine groups is 1. The minimum absolute atomic E-state index is 0.0234. The van der Waals surface area contributed by atoms with E-state index >= 15 is 0 Å². The smallest absolute Gasteiger partial charge is 0.337 e. The van der Waals surface area contributed by atoms with E-state index in [0.717, 1.165) is 11.8 Å². The monoisotopic (exact) mass is 397 g/mol. The Bertz CT molecular complexity index is 1030. The van der Waals surface area contributed by atoms with Crippen molar-refractivity contribution < 1.29 is 19.6 Å². The average Bonchev–Trinajstić information content (AvgIpc) is 2.96. The number of nitro groups is 1. The van der Waals surface area contributed by atoms with E-state index in [0.29, 0.717) is 17.3 Å². The molecule has 0 spiro atoms. The molecule has 1 fully saturated rings. The summed E-state index contributed by atoms with van der Waals surface area (Å²) in [5.41, 5.74) is 0.463. The Hall–Kier alpha value is -3.46. The Morgan fingerprint density at radius 1 is 1.25 bits per heavy atom. The number of hydrogen-bond donors (Lipinski definition) is 1. The molecule has 2 aromatic rings. The molecule has 3 rings (SSSR count). The summed E-state index contributed by atoms with van der Waals surface area (Å²) in [6.45, 7) is 2.10. The largest absolute Gasteiger partial charge is 0.478 e. The van der Waals surface area contributed by atoms with E-state index < -0.39 is 10.9 Å². The molecule has 0 saturated carbocycles. The second-order valence-electron chi connectivity index (χ2n) is 5.69. The fraction of sp³-hybridized carbons (Fsp3) is 0.105. The van der Waals surface area contributed by atoms with Gasteiger partial charge in [-0.2, -0.15) is 0 Å². The zero-order valence-electron chi connectivity index (χ0n) is 14.7. The van der Waals surface area contributed by atoms with Crippen LogP contribution in [0, 0.1) is 10.1 Å². The van der Waals surface area contributed by atoms with Crippen LogP contribution in [-0.4, -0.2) is 38.5 Å². The molecule has 1 heterocycles. The molecular formula is C19H15N3O5S. The SMILES string of the molecule is CCN1C(=O)/C(=C/c2ccccc2[N+](=O)[O-])SC1=Nc1ccccc1C(=O)O. The number of carboxylic acids is 1. The van der Waals surface area contributed by atoms with Crippen molar-refractivity contribution in [2.45, 2.75) is 6.92 Å². The molecule has 28 heavy (non-hydrogen) atoms. The number of rotatable bonds is 5. The molecule has 0 radical (unpaired) electrons. The zero-order valence-corrected chi connectivity index (χ0v) is 15.5. The van der Waals surface area contributed by atoms with Crippen LogP contribution < -0.4 is 0 Å². The van der Waals surface area contributed by atoms with Crippen LogP contribution in [0.4, 0.5) is 11.4 Å². The fourth-order valence-corrected chi connectivity index (χ4v) is 3.69. The lowest BCUT2D eigenvalue weighted by Crippen LogP contribution is -2.28. The molecule has 1 amide bonds. The van der Waals surface area contributed by atoms with Crippen LogP contribution >= 0.6 is 11.8 Å². The Morgan fingerprint density at radius 3 is 2.61 bits per heavy atom. The Morgan fingerprint density at radius 2 is 1.93 bits per heavy atom. The molecule has 0 bridgehead atoms. The highest BCUT2D eigenvalue weighted by Gasteiger charge is 2.33. The van der Waals surface area contributed by atoms with Gasteiger partial charge in [0, 0.05) is 12.6 Å². The van der Waals surface area contributed by atoms with Crippen molar-refractivity contribution in [1.29, 1.82) is 0 Å². The van der Waals surface area contributed by atoms with Gasteiger partial charge in [-0.1, -0.05) is 24.3 Å². The Kier molecular flexibility index (Phi) is 5.55. The maximum atomic E-state index is 12.7. The van der Waals surface area contributed by atoms with Crippen molar-refractivity contribution >= 4 is 46.3 Å². The molecule has 0 atom stereocenters. The molecule has 142 valence electrons. The Balaban J connectivity index is 2.03. The lowest BCUT2D eigenvalue weighted by atomic mass is 10.1. The average molecular weight is 397 g/mol. The first kappa shape index (κ1) is 19.3. The molecule has 1 N–H and O–H groups in total. The normalized spacial score (nSPS) is 16.8. The number of carbonyl (C=O) groups excluding carboxylic acids is 1. The van der Waals surface area contributed by atoms with E-state index in [1.54, 1.807) is 43.3 Å². The summed E-state index contributed by atoms with van der Waals surface area (Å²) in [5, 5.41) is 20.8. The van der Waals surface area contributed by atoms with E-state index in [1.165, 1.54) is 23.1 Å². The summed E-state index contributed by atoms with van der Waals surface area (Å²) in [5.74, 6) is -1.45. The van der Waals surface area contributed by atoms with Gasteiger partial charge >= 0.3 is 5.97 Å². The van der Waals surface area contributed by atoms with Crippen LogP contribution in [0.5, 0.6) is 0 Å². The first-order valence-corrected chi connectivity index (χ1v) is 9.10. The molecule has 1 aliphatic heterocycles. The second-order valence-corrected chi connectivity index (χ2v) is 6.70. The van der Waals surface area contributed by atoms with Crippen LogP contribution in [0.2, 0.25) is 0 Å². The molecule has 1 aliphatic rings. The van der Waals surface area contributed by atoms with Crippen LogP contribution in [-0.2, 0) is 4.79 Å². The minimum atomic E-state index is -1.12. The minimum Gasteiger partial charge on any atom is -0.478 e. The van der Waals surface area contributed by atoms with Crippen LogP contribution in [0.3, 0.4) is 0 Å². The van der Waals surface area contributed by atoms with Gasteiger partial charge in [0.15, 0.2) is 5.17 Å². The third-order valence-electron chi connectivity index (χ3n) is 3.97. The van der Waals surface area contributed by atoms with E-state index in [-0.39, 0.29) is 27.8 Å². The summed E-state index contributed by atoms with van der Waals surface area (Å²) in [6, 6.07) is 12.4. The van der Waals surface area contributed by atoms with Crippen molar-refractivity contribution in [3.05, 3.63) is 74.7 Å². The summed E-state index contributed by atoms with van der Waals surface area (Å²) < 4.78 is 0. The van der Waals surface area contributed by atoms with Gasteiger partial charge in [0.25, 0.3) is 11.6 Å². The summed E-state index contributed by atoms with van der Waals surface area (Å²) in [7, 11) is 0. The third-order valence-corrected chi connectivity index (χ3v) is 4.98. The summed E-state index contributed by atoms with van der Waals surface area (Å²) in [4.78, 5) is 40.8. The maximum Gasteiger partial charge on any atom is 0.337 e. The molecule has 8 nitrogen and oxygen atoms in total. The van der Waals surface area contributed by atoms with E-state index in [4.69, 9.17) is 0 Å². The van der Waals surface area contributed by atoms with Crippen molar-refractivity contribution in [2.75, 3.05) is 6.54 Å². The van der Waals surface area contributed by atoms with Gasteiger partial charge in [0.2, 0.25) is 0 Å². The molecule has 2 aromatic carbocycles. The first-order valence-electron chi connectivity index (χ1n) is 8.28. The van der Waals surface area contributed by atoms with Crippen molar-refractivity contribution in [3.63, 3.8) is 0 Å². The van der Waals surface area contributed by atoms with Crippen LogP contribution in [0.15, 0.2) is 58.4 Å². The molecule has 0 aliphatic carbocycles. The predicted octanol–water partition coefficient (Wildman–Crippen LogP) is 3.92. The quantitative estimate of drug-likeness (QED) is 0.465. The molecular weight excluding hydrogens is 382 g/mol. The number of thioether (sulfide) groups is 1. The van der Waals surface area contributed by atoms with Gasteiger partial charge in [-0.3, -0.25) is 19.8 Å². The lowest BCUT2D eigenvalue weighted by Gasteiger charge is -2.12. The number of para-hydroxylation sites is 2. The summed E-state index contributed by atoms with van der Waals surface area (Å²) >= 11 is 1.05.